The Labute approximate surface area is 183 Å². The van der Waals surface area contributed by atoms with E-state index < -0.39 is 0 Å². The van der Waals surface area contributed by atoms with Crippen LogP contribution in [0.1, 0.15) is 17.2 Å². The second-order valence-corrected chi connectivity index (χ2v) is 7.30. The van der Waals surface area contributed by atoms with Gasteiger partial charge in [-0.25, -0.2) is 4.99 Å². The summed E-state index contributed by atoms with van der Waals surface area (Å²) in [6.45, 7) is 8.15. The lowest BCUT2D eigenvalue weighted by Gasteiger charge is -2.26. The Hall–Kier alpha value is -2.85. The third kappa shape index (κ3) is 6.56. The fourth-order valence-electron chi connectivity index (χ4n) is 3.25. The molecule has 0 radical (unpaired) electrons. The van der Waals surface area contributed by atoms with Crippen molar-refractivity contribution in [2.24, 2.45) is 12.0 Å². The van der Waals surface area contributed by atoms with Crippen LogP contribution in [0.2, 0.25) is 0 Å². The lowest BCUT2D eigenvalue weighted by Crippen LogP contribution is -2.44. The van der Waals surface area contributed by atoms with E-state index in [1.807, 2.05) is 36.7 Å². The molecule has 0 saturated carbocycles. The Morgan fingerprint density at radius 3 is 2.65 bits per heavy atom. The number of morpholine rings is 1. The number of rotatable bonds is 9. The minimum atomic E-state index is 0.470. The number of hydrogen-bond acceptors (Lipinski definition) is 7. The van der Waals surface area contributed by atoms with E-state index in [4.69, 9.17) is 19.2 Å². The van der Waals surface area contributed by atoms with Crippen LogP contribution in [-0.2, 0) is 24.9 Å². The summed E-state index contributed by atoms with van der Waals surface area (Å²) in [5, 5.41) is 15.1. The number of aromatic nitrogens is 3. The van der Waals surface area contributed by atoms with Crippen molar-refractivity contribution in [3.05, 3.63) is 35.4 Å². The van der Waals surface area contributed by atoms with Crippen molar-refractivity contribution in [3.8, 4) is 11.5 Å². The van der Waals surface area contributed by atoms with Crippen molar-refractivity contribution in [1.29, 1.82) is 0 Å². The van der Waals surface area contributed by atoms with E-state index in [0.29, 0.717) is 19.0 Å². The highest BCUT2D eigenvalue weighted by atomic mass is 16.5. The minimum absolute atomic E-state index is 0.470. The van der Waals surface area contributed by atoms with Gasteiger partial charge < -0.3 is 29.4 Å². The van der Waals surface area contributed by atoms with Crippen LogP contribution in [0.3, 0.4) is 0 Å². The van der Waals surface area contributed by atoms with E-state index in [2.05, 4.69) is 25.7 Å². The van der Waals surface area contributed by atoms with Crippen LogP contribution >= 0.6 is 0 Å². The van der Waals surface area contributed by atoms with E-state index in [1.54, 1.807) is 14.2 Å². The first-order valence-corrected chi connectivity index (χ1v) is 10.5. The van der Waals surface area contributed by atoms with Gasteiger partial charge in [0.1, 0.15) is 17.3 Å². The van der Waals surface area contributed by atoms with Gasteiger partial charge in [-0.15, -0.1) is 10.2 Å². The first-order valence-electron chi connectivity index (χ1n) is 10.5. The number of aliphatic imine (C=N–C) groups is 1. The third-order valence-electron chi connectivity index (χ3n) is 5.32. The normalized spacial score (nSPS) is 15.0. The molecule has 0 spiro atoms. The first-order chi connectivity index (χ1) is 15.1. The summed E-state index contributed by atoms with van der Waals surface area (Å²) in [6.07, 6.45) is 0. The molecule has 3 rings (SSSR count). The molecule has 10 heteroatoms. The Bertz CT molecular complexity index is 863. The van der Waals surface area contributed by atoms with Crippen LogP contribution in [0.25, 0.3) is 0 Å². The van der Waals surface area contributed by atoms with Gasteiger partial charge in [0.2, 0.25) is 0 Å². The SMILES string of the molecule is COc1ccc(CN=C(NCCN2CCOCC2)NCc2nnc(C)n2C)c(OC)c1. The van der Waals surface area contributed by atoms with Crippen molar-refractivity contribution in [3.63, 3.8) is 0 Å². The van der Waals surface area contributed by atoms with Gasteiger partial charge in [0.05, 0.1) is 40.5 Å². The standard InChI is InChI=1S/C21H33N7O3/c1-16-25-26-20(27(16)2)15-24-21(22-7-8-28-9-11-31-12-10-28)23-14-17-5-6-18(29-3)13-19(17)30-4/h5-6,13H,7-12,14-15H2,1-4H3,(H2,22,23,24). The molecule has 1 saturated heterocycles. The van der Waals surface area contributed by atoms with E-state index >= 15 is 0 Å². The molecule has 1 aliphatic rings. The number of methoxy groups -OCH3 is 2. The van der Waals surface area contributed by atoms with E-state index in [1.165, 1.54) is 0 Å². The van der Waals surface area contributed by atoms with Gasteiger partial charge in [0, 0.05) is 44.9 Å². The summed E-state index contributed by atoms with van der Waals surface area (Å²) in [4.78, 5) is 7.15. The molecule has 2 heterocycles. The second kappa shape index (κ2) is 11.5. The van der Waals surface area contributed by atoms with Gasteiger partial charge in [-0.3, -0.25) is 4.90 Å². The van der Waals surface area contributed by atoms with E-state index in [-0.39, 0.29) is 0 Å². The Morgan fingerprint density at radius 2 is 1.97 bits per heavy atom. The highest BCUT2D eigenvalue weighted by Crippen LogP contribution is 2.25. The summed E-state index contributed by atoms with van der Waals surface area (Å²) < 4.78 is 18.2. The van der Waals surface area contributed by atoms with Crippen LogP contribution in [-0.4, -0.2) is 79.2 Å². The molecule has 0 aliphatic carbocycles. The summed E-state index contributed by atoms with van der Waals surface area (Å²) in [7, 11) is 5.25. The zero-order valence-electron chi connectivity index (χ0n) is 18.8. The van der Waals surface area contributed by atoms with Crippen molar-refractivity contribution in [2.75, 3.05) is 53.6 Å². The second-order valence-electron chi connectivity index (χ2n) is 7.30. The average Bonchev–Trinajstić information content (AvgIpc) is 3.13. The largest absolute Gasteiger partial charge is 0.497 e. The highest BCUT2D eigenvalue weighted by Gasteiger charge is 2.11. The number of ether oxygens (including phenoxy) is 3. The van der Waals surface area contributed by atoms with Crippen molar-refractivity contribution >= 4 is 5.96 Å². The molecule has 1 aromatic heterocycles. The lowest BCUT2D eigenvalue weighted by molar-refractivity contribution is 0.0389. The van der Waals surface area contributed by atoms with Crippen molar-refractivity contribution < 1.29 is 14.2 Å². The number of nitrogens with zero attached hydrogens (tertiary/aromatic N) is 5. The summed E-state index contributed by atoms with van der Waals surface area (Å²) in [5.74, 6) is 3.94. The molecule has 170 valence electrons. The van der Waals surface area contributed by atoms with Gasteiger partial charge in [-0.2, -0.15) is 0 Å². The molecule has 2 aromatic rings. The molecule has 1 fully saturated rings. The average molecular weight is 432 g/mol. The zero-order valence-corrected chi connectivity index (χ0v) is 18.8. The summed E-state index contributed by atoms with van der Waals surface area (Å²) >= 11 is 0. The van der Waals surface area contributed by atoms with Crippen LogP contribution in [0, 0.1) is 6.92 Å². The minimum Gasteiger partial charge on any atom is -0.497 e. The predicted octanol–water partition coefficient (Wildman–Crippen LogP) is 0.708. The van der Waals surface area contributed by atoms with Gasteiger partial charge in [0.25, 0.3) is 0 Å². The number of hydrogen-bond donors (Lipinski definition) is 2. The van der Waals surface area contributed by atoms with Crippen molar-refractivity contribution in [2.45, 2.75) is 20.0 Å². The quantitative estimate of drug-likeness (QED) is 0.443. The Morgan fingerprint density at radius 1 is 1.16 bits per heavy atom. The van der Waals surface area contributed by atoms with Crippen LogP contribution in [0.4, 0.5) is 0 Å². The number of guanidine groups is 1. The van der Waals surface area contributed by atoms with Crippen molar-refractivity contribution in [1.82, 2.24) is 30.3 Å². The molecule has 0 unspecified atom stereocenters. The van der Waals surface area contributed by atoms with E-state index in [0.717, 1.165) is 68.1 Å². The molecule has 0 atom stereocenters. The Balaban J connectivity index is 1.65. The summed E-state index contributed by atoms with van der Waals surface area (Å²) in [5.41, 5.74) is 0.979. The molecule has 1 aromatic carbocycles. The first kappa shape index (κ1) is 22.8. The zero-order chi connectivity index (χ0) is 22.1. The molecule has 10 nitrogen and oxygen atoms in total. The number of aryl methyl sites for hydroxylation is 1. The maximum absolute atomic E-state index is 5.50. The van der Waals surface area contributed by atoms with Gasteiger partial charge >= 0.3 is 0 Å². The van der Waals surface area contributed by atoms with Crippen LogP contribution in [0.5, 0.6) is 11.5 Å². The smallest absolute Gasteiger partial charge is 0.192 e. The third-order valence-corrected chi connectivity index (χ3v) is 5.32. The maximum Gasteiger partial charge on any atom is 0.192 e. The molecule has 2 N–H and O–H groups in total. The number of nitrogens with one attached hydrogen (secondary N) is 2. The molecular formula is C21H33N7O3. The predicted molar refractivity (Wildman–Crippen MR) is 119 cm³/mol. The molecule has 31 heavy (non-hydrogen) atoms. The highest BCUT2D eigenvalue weighted by molar-refractivity contribution is 5.79. The topological polar surface area (TPSA) is 98.1 Å². The lowest BCUT2D eigenvalue weighted by atomic mass is 10.2. The fourth-order valence-corrected chi connectivity index (χ4v) is 3.25. The Kier molecular flexibility index (Phi) is 8.48. The van der Waals surface area contributed by atoms with Gasteiger partial charge in [-0.05, 0) is 19.1 Å². The maximum atomic E-state index is 5.50. The van der Waals surface area contributed by atoms with Crippen LogP contribution in [0.15, 0.2) is 23.2 Å². The van der Waals surface area contributed by atoms with E-state index in [9.17, 15) is 0 Å². The molecular weight excluding hydrogens is 398 g/mol. The number of benzene rings is 1. The molecule has 1 aliphatic heterocycles. The van der Waals surface area contributed by atoms with Crippen LogP contribution < -0.4 is 20.1 Å². The summed E-state index contributed by atoms with van der Waals surface area (Å²) in [6, 6.07) is 5.75. The van der Waals surface area contributed by atoms with Gasteiger partial charge in [-0.1, -0.05) is 0 Å². The molecule has 0 bridgehead atoms. The fraction of sp³-hybridized carbons (Fsp3) is 0.571. The van der Waals surface area contributed by atoms with Gasteiger partial charge in [0.15, 0.2) is 11.8 Å². The monoisotopic (exact) mass is 431 g/mol. The molecule has 0 amide bonds.